The molecular weight excluding hydrogens is 304 g/mol. The second-order valence-corrected chi connectivity index (χ2v) is 7.00. The molecule has 2 aliphatic heterocycles. The molecule has 0 spiro atoms. The van der Waals surface area contributed by atoms with Gasteiger partial charge in [-0.1, -0.05) is 20.8 Å². The largest absolute Gasteiger partial charge is 0.347 e. The number of carbonyl (C=O) groups excluding carboxylic acids is 2. The normalized spacial score (nSPS) is 23.0. The van der Waals surface area contributed by atoms with Crippen molar-refractivity contribution in [1.29, 1.82) is 0 Å². The first-order valence-corrected chi connectivity index (χ1v) is 7.89. The number of carbonyl (C=O) groups is 2. The highest BCUT2D eigenvalue weighted by atomic mass is 35.5. The molecular formula is C15H29ClN4O2. The fraction of sp³-hybridized carbons (Fsp3) is 0.867. The molecule has 0 aromatic carbocycles. The van der Waals surface area contributed by atoms with Gasteiger partial charge in [-0.3, -0.25) is 14.5 Å². The summed E-state index contributed by atoms with van der Waals surface area (Å²) >= 11 is 0. The maximum atomic E-state index is 12.2. The average Bonchev–Trinajstić information content (AvgIpc) is 2.94. The summed E-state index contributed by atoms with van der Waals surface area (Å²) < 4.78 is 0. The van der Waals surface area contributed by atoms with E-state index in [2.05, 4.69) is 15.5 Å². The number of nitrogens with zero attached hydrogens (tertiary/aromatic N) is 2. The number of halogens is 1. The zero-order valence-electron chi connectivity index (χ0n) is 13.9. The first-order valence-electron chi connectivity index (χ1n) is 7.89. The van der Waals surface area contributed by atoms with Gasteiger partial charge in [0.15, 0.2) is 0 Å². The van der Waals surface area contributed by atoms with Crippen LogP contribution >= 0.6 is 12.4 Å². The first kappa shape index (κ1) is 19.2. The Labute approximate surface area is 139 Å². The highest BCUT2D eigenvalue weighted by molar-refractivity contribution is 5.87. The van der Waals surface area contributed by atoms with Crippen molar-refractivity contribution >= 4 is 24.2 Å². The molecule has 1 unspecified atom stereocenters. The maximum absolute atomic E-state index is 12.2. The van der Waals surface area contributed by atoms with Crippen molar-refractivity contribution in [2.45, 2.75) is 33.2 Å². The van der Waals surface area contributed by atoms with Gasteiger partial charge in [0.05, 0.1) is 6.54 Å². The Balaban J connectivity index is 0.00000242. The third kappa shape index (κ3) is 5.11. The molecule has 0 aromatic heterocycles. The van der Waals surface area contributed by atoms with Gasteiger partial charge < -0.3 is 15.5 Å². The van der Waals surface area contributed by atoms with Gasteiger partial charge in [-0.05, 0) is 6.42 Å². The van der Waals surface area contributed by atoms with Crippen molar-refractivity contribution in [3.05, 3.63) is 0 Å². The molecule has 0 aromatic rings. The number of hydrogen-bond acceptors (Lipinski definition) is 4. The van der Waals surface area contributed by atoms with E-state index in [0.717, 1.165) is 45.7 Å². The molecule has 2 aliphatic rings. The molecule has 0 bridgehead atoms. The van der Waals surface area contributed by atoms with Crippen LogP contribution in [-0.4, -0.2) is 73.5 Å². The van der Waals surface area contributed by atoms with Gasteiger partial charge in [-0.15, -0.1) is 12.4 Å². The van der Waals surface area contributed by atoms with Crippen LogP contribution in [0, 0.1) is 5.41 Å². The minimum atomic E-state index is -0.450. The summed E-state index contributed by atoms with van der Waals surface area (Å²) in [4.78, 5) is 28.3. The third-order valence-corrected chi connectivity index (χ3v) is 4.27. The van der Waals surface area contributed by atoms with Gasteiger partial charge in [0.2, 0.25) is 11.8 Å². The second-order valence-electron chi connectivity index (χ2n) is 7.00. The minimum absolute atomic E-state index is 0. The van der Waals surface area contributed by atoms with E-state index in [1.165, 1.54) is 0 Å². The van der Waals surface area contributed by atoms with Gasteiger partial charge in [0.1, 0.15) is 0 Å². The van der Waals surface area contributed by atoms with E-state index < -0.39 is 5.41 Å². The van der Waals surface area contributed by atoms with Crippen molar-refractivity contribution in [2.75, 3.05) is 45.8 Å². The predicted molar refractivity (Wildman–Crippen MR) is 89.1 cm³/mol. The molecule has 6 nitrogen and oxygen atoms in total. The molecule has 128 valence electrons. The Morgan fingerprint density at radius 1 is 1.18 bits per heavy atom. The molecule has 2 N–H and O–H groups in total. The van der Waals surface area contributed by atoms with E-state index in [0.29, 0.717) is 6.04 Å². The van der Waals surface area contributed by atoms with E-state index in [9.17, 15) is 9.59 Å². The van der Waals surface area contributed by atoms with Crippen LogP contribution in [0.25, 0.3) is 0 Å². The maximum Gasteiger partial charge on any atom is 0.242 e. The molecule has 7 heteroatoms. The van der Waals surface area contributed by atoms with E-state index in [1.54, 1.807) is 0 Å². The molecule has 22 heavy (non-hydrogen) atoms. The Bertz CT molecular complexity index is 391. The van der Waals surface area contributed by atoms with Gasteiger partial charge in [-0.25, -0.2) is 0 Å². The lowest BCUT2D eigenvalue weighted by Gasteiger charge is -2.32. The summed E-state index contributed by atoms with van der Waals surface area (Å²) in [5.74, 6) is -0.0427. The van der Waals surface area contributed by atoms with Gasteiger partial charge in [0.25, 0.3) is 0 Å². The Kier molecular flexibility index (Phi) is 7.09. The lowest BCUT2D eigenvalue weighted by molar-refractivity contribution is -0.134. The monoisotopic (exact) mass is 332 g/mol. The fourth-order valence-electron chi connectivity index (χ4n) is 2.85. The molecule has 2 amide bonds. The topological polar surface area (TPSA) is 64.7 Å². The summed E-state index contributed by atoms with van der Waals surface area (Å²) in [7, 11) is 0. The highest BCUT2D eigenvalue weighted by Gasteiger charge is 2.31. The number of piperazine rings is 1. The summed E-state index contributed by atoms with van der Waals surface area (Å²) in [6, 6.07) is 0.481. The number of amides is 2. The van der Waals surface area contributed by atoms with Crippen LogP contribution in [-0.2, 0) is 9.59 Å². The van der Waals surface area contributed by atoms with Gasteiger partial charge in [-0.2, -0.15) is 0 Å². The highest BCUT2D eigenvalue weighted by Crippen LogP contribution is 2.16. The standard InChI is InChI=1S/C15H28N4O2.ClH/c1-15(2,3)14(21)17-10-13(20)19-7-4-12(11-19)18-8-5-16-6-9-18;/h12,16H,4-11H2,1-3H3,(H,17,21);1H. The molecule has 1 atom stereocenters. The van der Waals surface area contributed by atoms with Crippen molar-refractivity contribution < 1.29 is 9.59 Å². The summed E-state index contributed by atoms with van der Waals surface area (Å²) in [5.41, 5.74) is -0.450. The number of likely N-dealkylation sites (tertiary alicyclic amines) is 1. The molecule has 0 aliphatic carbocycles. The second kappa shape index (κ2) is 8.13. The van der Waals surface area contributed by atoms with E-state index in [1.807, 2.05) is 25.7 Å². The Hall–Kier alpha value is -0.850. The Morgan fingerprint density at radius 3 is 2.41 bits per heavy atom. The average molecular weight is 333 g/mol. The van der Waals surface area contributed by atoms with Gasteiger partial charge >= 0.3 is 0 Å². The van der Waals surface area contributed by atoms with E-state index >= 15 is 0 Å². The summed E-state index contributed by atoms with van der Waals surface area (Å²) in [6.07, 6.45) is 1.04. The summed E-state index contributed by atoms with van der Waals surface area (Å²) in [6.45, 7) is 11.5. The van der Waals surface area contributed by atoms with Gasteiger partial charge in [0, 0.05) is 50.7 Å². The van der Waals surface area contributed by atoms with Crippen LogP contribution in [0.5, 0.6) is 0 Å². The van der Waals surface area contributed by atoms with Crippen LogP contribution in [0.1, 0.15) is 27.2 Å². The molecule has 0 saturated carbocycles. The predicted octanol–water partition coefficient (Wildman–Crippen LogP) is 0.0766. The molecule has 2 rings (SSSR count). The number of rotatable bonds is 3. The zero-order chi connectivity index (χ0) is 15.5. The molecule has 0 radical (unpaired) electrons. The van der Waals surface area contributed by atoms with Crippen LogP contribution in [0.15, 0.2) is 0 Å². The van der Waals surface area contributed by atoms with Crippen molar-refractivity contribution in [3.8, 4) is 0 Å². The molecule has 2 fully saturated rings. The van der Waals surface area contributed by atoms with E-state index in [-0.39, 0.29) is 30.8 Å². The first-order chi connectivity index (χ1) is 9.88. The number of nitrogens with one attached hydrogen (secondary N) is 2. The van der Waals surface area contributed by atoms with Crippen molar-refractivity contribution in [2.24, 2.45) is 5.41 Å². The third-order valence-electron chi connectivity index (χ3n) is 4.27. The number of hydrogen-bond donors (Lipinski definition) is 2. The van der Waals surface area contributed by atoms with Crippen LogP contribution in [0.2, 0.25) is 0 Å². The zero-order valence-corrected chi connectivity index (χ0v) is 14.7. The molecule has 2 saturated heterocycles. The SMILES string of the molecule is CC(C)(C)C(=O)NCC(=O)N1CCC(N2CCNCC2)C1.Cl. The lowest BCUT2D eigenvalue weighted by atomic mass is 9.96. The Morgan fingerprint density at radius 2 is 1.82 bits per heavy atom. The van der Waals surface area contributed by atoms with Crippen LogP contribution < -0.4 is 10.6 Å². The molecule has 2 heterocycles. The van der Waals surface area contributed by atoms with Crippen molar-refractivity contribution in [1.82, 2.24) is 20.4 Å². The van der Waals surface area contributed by atoms with Crippen LogP contribution in [0.3, 0.4) is 0 Å². The smallest absolute Gasteiger partial charge is 0.242 e. The summed E-state index contributed by atoms with van der Waals surface area (Å²) in [5, 5.41) is 6.09. The van der Waals surface area contributed by atoms with E-state index in [4.69, 9.17) is 0 Å². The van der Waals surface area contributed by atoms with Crippen LogP contribution in [0.4, 0.5) is 0 Å². The quantitative estimate of drug-likeness (QED) is 0.768. The minimum Gasteiger partial charge on any atom is -0.347 e. The van der Waals surface area contributed by atoms with Crippen molar-refractivity contribution in [3.63, 3.8) is 0 Å². The fourth-order valence-corrected chi connectivity index (χ4v) is 2.85. The lowest BCUT2D eigenvalue weighted by Crippen LogP contribution is -2.50.